The molecule has 98 valence electrons. The maximum Gasteiger partial charge on any atom is 0.0911 e. The van der Waals surface area contributed by atoms with Crippen LogP contribution in [-0.4, -0.2) is 54.4 Å². The predicted molar refractivity (Wildman–Crippen MR) is 71.3 cm³/mol. The Labute approximate surface area is 105 Å². The quantitative estimate of drug-likeness (QED) is 0.557. The Bertz CT molecular complexity index is 285. The minimum Gasteiger partial charge on any atom is -0.388 e. The number of likely N-dealkylation sites (N-methyl/N-ethyl adjacent to an activating group) is 1. The average Bonchev–Trinajstić information content (AvgIpc) is 2.97. The Morgan fingerprint density at radius 3 is 2.59 bits per heavy atom. The van der Waals surface area contributed by atoms with E-state index in [9.17, 15) is 0 Å². The van der Waals surface area contributed by atoms with E-state index in [1.165, 1.54) is 32.5 Å². The fourth-order valence-electron chi connectivity index (χ4n) is 3.13. The molecule has 4 heteroatoms. The number of piperazine rings is 1. The first-order valence-electron chi connectivity index (χ1n) is 6.84. The van der Waals surface area contributed by atoms with Crippen LogP contribution in [0.25, 0.3) is 0 Å². The molecule has 0 radical (unpaired) electrons. The number of hydrogen-bond donors (Lipinski definition) is 2. The van der Waals surface area contributed by atoms with Crippen molar-refractivity contribution in [3.05, 3.63) is 0 Å². The molecule has 1 unspecified atom stereocenters. The number of nitrogens with two attached hydrogens (primary N) is 1. The predicted octanol–water partition coefficient (Wildman–Crippen LogP) is 1.12. The van der Waals surface area contributed by atoms with E-state index in [1.807, 2.05) is 0 Å². The Hall–Kier alpha value is -0.610. The van der Waals surface area contributed by atoms with Gasteiger partial charge in [-0.25, -0.2) is 0 Å². The SMILES string of the molecule is CCN1CCN(CC2(CC(=N)N)CC2)CC1C. The Kier molecular flexibility index (Phi) is 3.73. The van der Waals surface area contributed by atoms with Gasteiger partial charge in [-0.3, -0.25) is 15.2 Å². The molecule has 1 atom stereocenters. The highest BCUT2D eigenvalue weighted by molar-refractivity contribution is 5.78. The number of nitrogens with zero attached hydrogens (tertiary/aromatic N) is 2. The van der Waals surface area contributed by atoms with Crippen LogP contribution in [0, 0.1) is 10.8 Å². The molecule has 2 fully saturated rings. The molecule has 2 rings (SSSR count). The Morgan fingerprint density at radius 2 is 2.12 bits per heavy atom. The Balaban J connectivity index is 1.83. The van der Waals surface area contributed by atoms with E-state index in [1.54, 1.807) is 0 Å². The topological polar surface area (TPSA) is 56.4 Å². The molecule has 0 aromatic rings. The minimum atomic E-state index is 0.361. The standard InChI is InChI=1S/C13H26N4/c1-3-17-7-6-16(9-11(17)2)10-13(4-5-13)8-12(14)15/h11H,3-10H2,1-2H3,(H3,14,15). The summed E-state index contributed by atoms with van der Waals surface area (Å²) in [5.41, 5.74) is 5.91. The summed E-state index contributed by atoms with van der Waals surface area (Å²) in [5, 5.41) is 7.46. The molecule has 1 aliphatic heterocycles. The normalized spacial score (nSPS) is 29.2. The molecule has 1 aliphatic carbocycles. The summed E-state index contributed by atoms with van der Waals surface area (Å²) in [4.78, 5) is 5.12. The van der Waals surface area contributed by atoms with Crippen molar-refractivity contribution in [3.8, 4) is 0 Å². The van der Waals surface area contributed by atoms with Gasteiger partial charge in [-0.1, -0.05) is 6.92 Å². The van der Waals surface area contributed by atoms with E-state index in [-0.39, 0.29) is 0 Å². The highest BCUT2D eigenvalue weighted by atomic mass is 15.3. The van der Waals surface area contributed by atoms with Crippen molar-refractivity contribution in [2.75, 3.05) is 32.7 Å². The van der Waals surface area contributed by atoms with Gasteiger partial charge in [0.1, 0.15) is 0 Å². The maximum atomic E-state index is 7.46. The molecule has 2 aliphatic rings. The van der Waals surface area contributed by atoms with Crippen LogP contribution in [0.5, 0.6) is 0 Å². The van der Waals surface area contributed by atoms with Gasteiger partial charge in [-0.2, -0.15) is 0 Å². The summed E-state index contributed by atoms with van der Waals surface area (Å²) in [6.45, 7) is 10.4. The van der Waals surface area contributed by atoms with Crippen molar-refractivity contribution in [3.63, 3.8) is 0 Å². The Morgan fingerprint density at radius 1 is 1.41 bits per heavy atom. The van der Waals surface area contributed by atoms with Crippen LogP contribution in [0.4, 0.5) is 0 Å². The van der Waals surface area contributed by atoms with E-state index in [0.717, 1.165) is 19.5 Å². The number of nitrogens with one attached hydrogen (secondary N) is 1. The van der Waals surface area contributed by atoms with Crippen LogP contribution < -0.4 is 5.73 Å². The van der Waals surface area contributed by atoms with Crippen LogP contribution in [-0.2, 0) is 0 Å². The molecule has 0 amide bonds. The van der Waals surface area contributed by atoms with E-state index in [4.69, 9.17) is 11.1 Å². The number of rotatable bonds is 5. The zero-order valence-electron chi connectivity index (χ0n) is 11.2. The molecule has 4 nitrogen and oxygen atoms in total. The van der Waals surface area contributed by atoms with Crippen LogP contribution >= 0.6 is 0 Å². The highest BCUT2D eigenvalue weighted by Crippen LogP contribution is 2.49. The lowest BCUT2D eigenvalue weighted by Gasteiger charge is -2.40. The van der Waals surface area contributed by atoms with Gasteiger partial charge in [0.2, 0.25) is 0 Å². The van der Waals surface area contributed by atoms with Gasteiger partial charge < -0.3 is 5.73 Å². The van der Waals surface area contributed by atoms with E-state index < -0.39 is 0 Å². The zero-order chi connectivity index (χ0) is 12.5. The van der Waals surface area contributed by atoms with Crippen LogP contribution in [0.2, 0.25) is 0 Å². The molecular weight excluding hydrogens is 212 g/mol. The van der Waals surface area contributed by atoms with Gasteiger partial charge in [0.15, 0.2) is 0 Å². The second kappa shape index (κ2) is 4.94. The third-order valence-electron chi connectivity index (χ3n) is 4.34. The van der Waals surface area contributed by atoms with Gasteiger partial charge in [0, 0.05) is 38.6 Å². The van der Waals surface area contributed by atoms with Crippen LogP contribution in [0.15, 0.2) is 0 Å². The summed E-state index contributed by atoms with van der Waals surface area (Å²) in [5.74, 6) is 0.364. The van der Waals surface area contributed by atoms with Crippen molar-refractivity contribution >= 4 is 5.84 Å². The highest BCUT2D eigenvalue weighted by Gasteiger charge is 2.44. The van der Waals surface area contributed by atoms with Crippen molar-refractivity contribution in [1.29, 1.82) is 5.41 Å². The number of amidine groups is 1. The van der Waals surface area contributed by atoms with Crippen LogP contribution in [0.1, 0.15) is 33.1 Å². The monoisotopic (exact) mass is 238 g/mol. The molecule has 1 heterocycles. The molecule has 1 saturated carbocycles. The van der Waals surface area contributed by atoms with Crippen molar-refractivity contribution in [2.24, 2.45) is 11.1 Å². The van der Waals surface area contributed by atoms with E-state index in [0.29, 0.717) is 17.3 Å². The third kappa shape index (κ3) is 3.19. The van der Waals surface area contributed by atoms with Gasteiger partial charge in [0.25, 0.3) is 0 Å². The lowest BCUT2D eigenvalue weighted by molar-refractivity contribution is 0.0745. The largest absolute Gasteiger partial charge is 0.388 e. The van der Waals surface area contributed by atoms with Crippen LogP contribution in [0.3, 0.4) is 0 Å². The fraction of sp³-hybridized carbons (Fsp3) is 0.923. The molecule has 0 spiro atoms. The van der Waals surface area contributed by atoms with Gasteiger partial charge >= 0.3 is 0 Å². The summed E-state index contributed by atoms with van der Waals surface area (Å²) in [6.07, 6.45) is 3.32. The first-order chi connectivity index (χ1) is 8.04. The van der Waals surface area contributed by atoms with Gasteiger partial charge in [0.05, 0.1) is 5.84 Å². The zero-order valence-corrected chi connectivity index (χ0v) is 11.2. The lowest BCUT2D eigenvalue weighted by Crippen LogP contribution is -2.52. The second-order valence-electron chi connectivity index (χ2n) is 5.91. The second-order valence-corrected chi connectivity index (χ2v) is 5.91. The van der Waals surface area contributed by atoms with E-state index in [2.05, 4.69) is 23.6 Å². The fourth-order valence-corrected chi connectivity index (χ4v) is 3.13. The number of hydrogen-bond acceptors (Lipinski definition) is 3. The average molecular weight is 238 g/mol. The summed E-state index contributed by atoms with van der Waals surface area (Å²) in [6, 6.07) is 0.668. The summed E-state index contributed by atoms with van der Waals surface area (Å²) >= 11 is 0. The molecule has 1 saturated heterocycles. The maximum absolute atomic E-state index is 7.46. The summed E-state index contributed by atoms with van der Waals surface area (Å²) in [7, 11) is 0. The van der Waals surface area contributed by atoms with Crippen molar-refractivity contribution < 1.29 is 0 Å². The van der Waals surface area contributed by atoms with Gasteiger partial charge in [-0.05, 0) is 31.7 Å². The lowest BCUT2D eigenvalue weighted by atomic mass is 10.00. The first kappa shape index (κ1) is 12.8. The molecule has 0 bridgehead atoms. The van der Waals surface area contributed by atoms with E-state index >= 15 is 0 Å². The summed E-state index contributed by atoms with van der Waals surface area (Å²) < 4.78 is 0. The van der Waals surface area contributed by atoms with Crippen molar-refractivity contribution in [1.82, 2.24) is 9.80 Å². The molecule has 0 aromatic heterocycles. The first-order valence-corrected chi connectivity index (χ1v) is 6.84. The minimum absolute atomic E-state index is 0.361. The van der Waals surface area contributed by atoms with Gasteiger partial charge in [-0.15, -0.1) is 0 Å². The molecule has 17 heavy (non-hydrogen) atoms. The molecular formula is C13H26N4. The molecule has 0 aromatic carbocycles. The third-order valence-corrected chi connectivity index (χ3v) is 4.34. The molecule has 3 N–H and O–H groups in total. The smallest absolute Gasteiger partial charge is 0.0911 e. The van der Waals surface area contributed by atoms with Crippen molar-refractivity contribution in [2.45, 2.75) is 39.2 Å².